The van der Waals surface area contributed by atoms with Crippen LogP contribution in [0.4, 0.5) is 19.2 Å². The summed E-state index contributed by atoms with van der Waals surface area (Å²) in [5.74, 6) is -13.5. The second-order valence-corrected chi connectivity index (χ2v) is 37.6. The summed E-state index contributed by atoms with van der Waals surface area (Å²) < 4.78 is 95.8. The number of amides is 2. The van der Waals surface area contributed by atoms with Gasteiger partial charge in [0.1, 0.15) is 23.4 Å². The van der Waals surface area contributed by atoms with Gasteiger partial charge in [-0.1, -0.05) is 91.8 Å². The number of esters is 8. The Morgan fingerprint density at radius 3 is 1.27 bits per heavy atom. The summed E-state index contributed by atoms with van der Waals surface area (Å²) in [6, 6.07) is 12.9. The summed E-state index contributed by atoms with van der Waals surface area (Å²) in [5, 5.41) is 52.4. The number of benzene rings is 2. The number of ketones is 2. The van der Waals surface area contributed by atoms with Gasteiger partial charge in [-0.15, -0.1) is 0 Å². The van der Waals surface area contributed by atoms with E-state index in [1.807, 2.05) is 0 Å². The number of hydrogen-bond donors (Lipinski definition) is 6. The fourth-order valence-corrected chi connectivity index (χ4v) is 20.2. The SMILES string of the molecule is CC(=O)O[C@H]1C(=O)[C@@]2(C)C([C@H](OC(=O)c3ccccc3)[C@]34OC(=O)O[C@H]3[C@H](OC(=O)[C@H](O)[C@H](CC(C)C)NC(=O)OC(C)(C)C)C(C)=C1C4(C)C)[C@]1(OC(C)=O)CO[C@@H]1C[C@H]2O.CC(=O)O[C@H]1C(=O)[C@@]2(C)C([C@H](OC(=O)c3ccccc3)[C@]34OC(=O)O[C@H]3[C@H](OC(=O)[C@H](O)[C@H](CC(C)C)NC(=O)OC(C)(C)C)C=C1C4(C)C)[C@]1(OC(C)=O)CO[C@@H]1C[C@H]2O. The largest absolute Gasteiger partial charge is 0.509 e. The predicted octanol–water partition coefficient (Wildman–Crippen LogP) is 6.92. The van der Waals surface area contributed by atoms with Crippen LogP contribution >= 0.6 is 0 Å². The van der Waals surface area contributed by atoms with Crippen LogP contribution in [0.15, 0.2) is 83.5 Å². The molecule has 123 heavy (non-hydrogen) atoms. The lowest BCUT2D eigenvalue weighted by Crippen LogP contribution is -2.83. The minimum absolute atomic E-state index is 0.0250. The minimum Gasteiger partial charge on any atom is -0.454 e. The zero-order valence-corrected chi connectivity index (χ0v) is 72.7. The Morgan fingerprint density at radius 1 is 0.512 bits per heavy atom. The van der Waals surface area contributed by atoms with Crippen molar-refractivity contribution in [3.63, 3.8) is 0 Å². The van der Waals surface area contributed by atoms with Crippen LogP contribution in [-0.4, -0.2) is 249 Å². The van der Waals surface area contributed by atoms with E-state index >= 15 is 9.59 Å². The molecule has 10 aliphatic rings. The van der Waals surface area contributed by atoms with Gasteiger partial charge in [-0.3, -0.25) is 28.8 Å². The molecule has 6 N–H and O–H groups in total. The van der Waals surface area contributed by atoms with Crippen LogP contribution in [0.5, 0.6) is 0 Å². The van der Waals surface area contributed by atoms with Crippen molar-refractivity contribution in [1.82, 2.24) is 10.6 Å². The molecule has 2 amide bonds. The van der Waals surface area contributed by atoms with Gasteiger partial charge >= 0.3 is 72.3 Å². The molecule has 4 bridgehead atoms. The molecule has 0 radical (unpaired) electrons. The average Bonchev–Trinajstić information content (AvgIpc) is 1.65. The number of nitrogens with one attached hydrogen (secondary N) is 2. The van der Waals surface area contributed by atoms with E-state index in [9.17, 15) is 78.0 Å². The third-order valence-electron chi connectivity index (χ3n) is 25.5. The first-order valence-corrected chi connectivity index (χ1v) is 40.9. The molecule has 674 valence electrons. The highest BCUT2D eigenvalue weighted by molar-refractivity contribution is 5.98. The molecule has 24 atom stereocenters. The quantitative estimate of drug-likeness (QED) is 0.0445. The van der Waals surface area contributed by atoms with E-state index in [1.54, 1.807) is 119 Å². The summed E-state index contributed by atoms with van der Waals surface area (Å²) in [6.07, 6.45) is -27.7. The number of Topliss-reactive ketones (excluding diaryl/α,β-unsaturated/α-hetero) is 2. The number of aliphatic hydroxyl groups is 4. The molecule has 4 aliphatic heterocycles. The van der Waals surface area contributed by atoms with Crippen molar-refractivity contribution in [3.05, 3.63) is 94.6 Å². The maximum atomic E-state index is 15.6. The molecule has 2 aromatic carbocycles. The van der Waals surface area contributed by atoms with Gasteiger partial charge in [0.05, 0.1) is 71.3 Å². The molecule has 36 nitrogen and oxygen atoms in total. The first-order valence-electron chi connectivity index (χ1n) is 40.9. The monoisotopic (exact) mass is 1730 g/mol. The molecule has 6 aliphatic carbocycles. The van der Waals surface area contributed by atoms with E-state index in [0.29, 0.717) is 0 Å². The van der Waals surface area contributed by atoms with Gasteiger partial charge in [0.2, 0.25) is 11.2 Å². The van der Waals surface area contributed by atoms with Crippen molar-refractivity contribution in [2.24, 2.45) is 45.3 Å². The summed E-state index contributed by atoms with van der Waals surface area (Å²) in [7, 11) is 0. The van der Waals surface area contributed by atoms with Gasteiger partial charge in [-0.05, 0) is 134 Å². The van der Waals surface area contributed by atoms with Gasteiger partial charge in [0, 0.05) is 51.4 Å². The lowest BCUT2D eigenvalue weighted by Gasteiger charge is -2.67. The number of fused-ring (bicyclic) bond motifs is 8. The topological polar surface area (TPSA) is 492 Å². The van der Waals surface area contributed by atoms with Gasteiger partial charge in [0.15, 0.2) is 83.8 Å². The Hall–Kier alpha value is -10.1. The Balaban J connectivity index is 0.000000240. The van der Waals surface area contributed by atoms with E-state index in [-0.39, 0.29) is 78.6 Å². The number of rotatable bonds is 20. The van der Waals surface area contributed by atoms with Crippen molar-refractivity contribution >= 4 is 83.8 Å². The number of ether oxygens (including phenoxy) is 16. The van der Waals surface area contributed by atoms with Gasteiger partial charge in [-0.2, -0.15) is 0 Å². The molecule has 2 aromatic rings. The Bertz CT molecular complexity index is 4600. The number of aliphatic hydroxyl groups excluding tert-OH is 4. The standard InChI is InChI=1S/C44H57NO17.C43H55NO17/c1-20(2)17-25(45-38(53)61-40(6,7)8)29(49)37(52)57-30-21(3)28-31(56-22(4)46)33(50)42(11)26(48)18-27-43(19-55-27,60-23(5)47)32(42)35(58-36(51)24-15-13-12-14-16-24)44(41(28,9)10)34(30)59-39(54)62-44;1-20(2)16-25(44-37(52)60-39(5,6)7)29(48)36(51)56-26-17-24-30(55-21(3)45)32(49)41(10)27(47)18-28-42(19-54-28,59-22(4)46)31(41)34(57-35(50)23-14-12-11-13-15-23)43(40(24,8)9)33(26)58-38(53)61-43/h12-16,20,25-27,29-32,34-35,48-49H,17-19H2,1-11H3,(H,45,53);11-15,17,20,25-31,33-34,47-48H,16,18-19H2,1-10H3,(H,44,52)/t25-,26+,27+,29+,30+,31+,32?,34-,35-,42+,43-,44+;25-,26+,27+,28+,29+,30+,31?,33-,34-,41+,42-,43+/m00/s1. The van der Waals surface area contributed by atoms with Crippen LogP contribution < -0.4 is 10.6 Å². The zero-order valence-electron chi connectivity index (χ0n) is 72.7. The van der Waals surface area contributed by atoms with Crippen LogP contribution in [0.25, 0.3) is 0 Å². The van der Waals surface area contributed by atoms with Crippen molar-refractivity contribution in [3.8, 4) is 0 Å². The normalized spacial score (nSPS) is 34.3. The molecule has 36 heteroatoms. The molecular formula is C87H112N2O34. The maximum absolute atomic E-state index is 15.6. The molecule has 0 aromatic heterocycles. The first-order chi connectivity index (χ1) is 57.0. The van der Waals surface area contributed by atoms with E-state index < -0.39 is 248 Å². The van der Waals surface area contributed by atoms with Crippen LogP contribution in [0.1, 0.15) is 192 Å². The second kappa shape index (κ2) is 33.7. The van der Waals surface area contributed by atoms with Crippen LogP contribution in [-0.2, 0) is 114 Å². The Morgan fingerprint density at radius 2 is 0.894 bits per heavy atom. The van der Waals surface area contributed by atoms with Crippen LogP contribution in [0.3, 0.4) is 0 Å². The lowest BCUT2D eigenvalue weighted by molar-refractivity contribution is -0.345. The van der Waals surface area contributed by atoms with E-state index in [2.05, 4.69) is 10.6 Å². The van der Waals surface area contributed by atoms with Gasteiger partial charge in [-0.25, -0.2) is 38.4 Å². The zero-order chi connectivity index (χ0) is 91.3. The van der Waals surface area contributed by atoms with Crippen LogP contribution in [0.2, 0.25) is 0 Å². The lowest BCUT2D eigenvalue weighted by atomic mass is 9.44. The fraction of sp³-hybridized carbons (Fsp3) is 0.655. The molecule has 4 saturated carbocycles. The molecule has 8 fully saturated rings. The minimum atomic E-state index is -2.36. The highest BCUT2D eigenvalue weighted by Gasteiger charge is 2.86. The van der Waals surface area contributed by atoms with E-state index in [1.165, 1.54) is 65.0 Å². The highest BCUT2D eigenvalue weighted by Crippen LogP contribution is 2.69. The molecule has 4 saturated heterocycles. The van der Waals surface area contributed by atoms with Crippen LogP contribution in [0, 0.1) is 45.3 Å². The summed E-state index contributed by atoms with van der Waals surface area (Å²) in [5.41, 5.74) is -18.0. The van der Waals surface area contributed by atoms with Crippen molar-refractivity contribution in [2.45, 2.75) is 302 Å². The summed E-state index contributed by atoms with van der Waals surface area (Å²) >= 11 is 0. The summed E-state index contributed by atoms with van der Waals surface area (Å²) in [4.78, 5) is 194. The summed E-state index contributed by atoms with van der Waals surface area (Å²) in [6.45, 7) is 31.0. The third-order valence-corrected chi connectivity index (χ3v) is 25.5. The molecule has 2 unspecified atom stereocenters. The number of carbonyl (C=O) groups excluding carboxylic acids is 14. The van der Waals surface area contributed by atoms with E-state index in [4.69, 9.17) is 75.8 Å². The molecule has 2 spiro atoms. The predicted molar refractivity (Wildman–Crippen MR) is 419 cm³/mol. The Labute approximate surface area is 710 Å². The van der Waals surface area contributed by atoms with E-state index in [0.717, 1.165) is 27.7 Å². The van der Waals surface area contributed by atoms with Gasteiger partial charge < -0.3 is 107 Å². The maximum Gasteiger partial charge on any atom is 0.509 e. The molecule has 4 heterocycles. The number of carbonyl (C=O) groups is 14. The first kappa shape index (κ1) is 93.6. The second-order valence-electron chi connectivity index (χ2n) is 37.6. The van der Waals surface area contributed by atoms with Crippen molar-refractivity contribution in [2.75, 3.05) is 13.2 Å². The number of alkyl carbamates (subject to hydrolysis) is 2. The van der Waals surface area contributed by atoms with Crippen molar-refractivity contribution in [1.29, 1.82) is 0 Å². The molecule has 12 rings (SSSR count). The third kappa shape index (κ3) is 16.5. The Kier molecular flexibility index (Phi) is 25.7. The van der Waals surface area contributed by atoms with Gasteiger partial charge in [0.25, 0.3) is 0 Å². The average molecular weight is 1730 g/mol. The smallest absolute Gasteiger partial charge is 0.454 e. The molecular weight excluding hydrogens is 1620 g/mol. The highest BCUT2D eigenvalue weighted by atomic mass is 16.8. The van der Waals surface area contributed by atoms with Crippen molar-refractivity contribution < 1.29 is 163 Å². The fourth-order valence-electron chi connectivity index (χ4n) is 20.2. The number of hydrogen-bond acceptors (Lipinski definition) is 34.